The van der Waals surface area contributed by atoms with Crippen LogP contribution in [0.25, 0.3) is 0 Å². The lowest BCUT2D eigenvalue weighted by Crippen LogP contribution is -3.00. The molecular formula is C21H28ClFN2O4. The lowest BCUT2D eigenvalue weighted by molar-refractivity contribution is -0.591. The first-order valence-electron chi connectivity index (χ1n) is 9.39. The molecule has 6 nitrogen and oxygen atoms in total. The number of carbonyl (C=O) groups excluding carboxylic acids is 2. The highest BCUT2D eigenvalue weighted by Crippen LogP contribution is 2.24. The smallest absolute Gasteiger partial charge is 0.355 e. The number of aromatic nitrogens is 1. The van der Waals surface area contributed by atoms with E-state index in [9.17, 15) is 14.0 Å². The second kappa shape index (κ2) is 10.4. The molecule has 0 fully saturated rings. The molecule has 0 saturated carbocycles. The second-order valence-corrected chi connectivity index (χ2v) is 7.34. The van der Waals surface area contributed by atoms with Gasteiger partial charge >= 0.3 is 11.9 Å². The van der Waals surface area contributed by atoms with E-state index in [-0.39, 0.29) is 37.1 Å². The van der Waals surface area contributed by atoms with Crippen LogP contribution in [-0.4, -0.2) is 29.1 Å². The number of H-pyrrole nitrogens is 1. The van der Waals surface area contributed by atoms with Gasteiger partial charge in [-0.2, -0.15) is 0 Å². The van der Waals surface area contributed by atoms with Gasteiger partial charge < -0.3 is 32.2 Å². The third kappa shape index (κ3) is 6.30. The Labute approximate surface area is 176 Å². The summed E-state index contributed by atoms with van der Waals surface area (Å²) in [6, 6.07) is 6.37. The molecule has 160 valence electrons. The first-order chi connectivity index (χ1) is 13.2. The van der Waals surface area contributed by atoms with Crippen molar-refractivity contribution < 1.29 is 41.2 Å². The molecule has 0 spiro atoms. The molecule has 29 heavy (non-hydrogen) atoms. The average Bonchev–Trinajstić information content (AvgIpc) is 2.98. The highest BCUT2D eigenvalue weighted by atomic mass is 35.5. The van der Waals surface area contributed by atoms with Crippen LogP contribution >= 0.6 is 0 Å². The number of nitrogens with two attached hydrogens (primary N) is 1. The monoisotopic (exact) mass is 426 g/mol. The minimum atomic E-state index is -0.670. The van der Waals surface area contributed by atoms with E-state index >= 15 is 0 Å². The predicted octanol–water partition coefficient (Wildman–Crippen LogP) is 0.247. The topological polar surface area (TPSA) is 85.0 Å². The number of hydrogen-bond donors (Lipinski definition) is 2. The molecule has 0 aliphatic carbocycles. The normalized spacial score (nSPS) is 11.0. The molecule has 0 saturated heterocycles. The predicted molar refractivity (Wildman–Crippen MR) is 103 cm³/mol. The van der Waals surface area contributed by atoms with Gasteiger partial charge in [0.05, 0.1) is 17.9 Å². The third-order valence-electron chi connectivity index (χ3n) is 4.05. The number of esters is 2. The Hall–Kier alpha value is -2.38. The molecular weight excluding hydrogens is 399 g/mol. The summed E-state index contributed by atoms with van der Waals surface area (Å²) in [6.07, 6.45) is 0.443. The molecule has 1 heterocycles. The van der Waals surface area contributed by atoms with Crippen molar-refractivity contribution >= 4 is 17.6 Å². The zero-order valence-corrected chi connectivity index (χ0v) is 18.2. The standard InChI is InChI=1S/C21H27FN2O4.ClH/c1-6-13-17(19(25)27-7-2)16(12-23-15-11-9-8-10-14(15)22)24-18(13)20(26)28-21(3,4)5;/h8-11,23-24H,6-7,12H2,1-5H3;1H. The summed E-state index contributed by atoms with van der Waals surface area (Å²) in [5, 5.41) is 1.67. The number of quaternary nitrogens is 1. The molecule has 8 heteroatoms. The lowest BCUT2D eigenvalue weighted by atomic mass is 10.1. The van der Waals surface area contributed by atoms with Gasteiger partial charge in [0.1, 0.15) is 17.8 Å². The Balaban J connectivity index is 0.00000420. The van der Waals surface area contributed by atoms with Gasteiger partial charge in [0, 0.05) is 6.07 Å². The third-order valence-corrected chi connectivity index (χ3v) is 4.05. The second-order valence-electron chi connectivity index (χ2n) is 7.34. The molecule has 2 rings (SSSR count). The summed E-state index contributed by atoms with van der Waals surface area (Å²) >= 11 is 0. The van der Waals surface area contributed by atoms with Crippen LogP contribution in [0.15, 0.2) is 24.3 Å². The van der Waals surface area contributed by atoms with Gasteiger partial charge in [-0.25, -0.2) is 14.0 Å². The Morgan fingerprint density at radius 3 is 2.34 bits per heavy atom. The maximum absolute atomic E-state index is 13.9. The molecule has 0 aliphatic rings. The summed E-state index contributed by atoms with van der Waals surface area (Å²) in [4.78, 5) is 28.2. The zero-order chi connectivity index (χ0) is 20.9. The van der Waals surface area contributed by atoms with E-state index in [4.69, 9.17) is 9.47 Å². The average molecular weight is 427 g/mol. The number of para-hydroxylation sites is 1. The summed E-state index contributed by atoms with van der Waals surface area (Å²) in [7, 11) is 0. The molecule has 0 radical (unpaired) electrons. The van der Waals surface area contributed by atoms with Crippen molar-refractivity contribution in [3.8, 4) is 0 Å². The highest BCUT2D eigenvalue weighted by Gasteiger charge is 2.29. The number of carbonyl (C=O) groups is 2. The number of aromatic amines is 1. The number of rotatable bonds is 7. The lowest BCUT2D eigenvalue weighted by Gasteiger charge is -2.19. The molecule has 0 bridgehead atoms. The van der Waals surface area contributed by atoms with Crippen molar-refractivity contribution in [2.75, 3.05) is 6.61 Å². The van der Waals surface area contributed by atoms with Crippen LogP contribution < -0.4 is 17.7 Å². The molecule has 3 N–H and O–H groups in total. The highest BCUT2D eigenvalue weighted by molar-refractivity contribution is 5.98. The van der Waals surface area contributed by atoms with Crippen LogP contribution in [-0.2, 0) is 22.4 Å². The van der Waals surface area contributed by atoms with E-state index < -0.39 is 17.5 Å². The van der Waals surface area contributed by atoms with Gasteiger partial charge in [0.25, 0.3) is 0 Å². The van der Waals surface area contributed by atoms with E-state index in [0.29, 0.717) is 28.9 Å². The minimum absolute atomic E-state index is 0. The van der Waals surface area contributed by atoms with Gasteiger partial charge in [-0.1, -0.05) is 19.1 Å². The van der Waals surface area contributed by atoms with Gasteiger partial charge in [-0.3, -0.25) is 0 Å². The maximum atomic E-state index is 13.9. The van der Waals surface area contributed by atoms with E-state index in [1.54, 1.807) is 51.2 Å². The van der Waals surface area contributed by atoms with Crippen molar-refractivity contribution in [3.63, 3.8) is 0 Å². The van der Waals surface area contributed by atoms with Crippen molar-refractivity contribution in [1.29, 1.82) is 0 Å². The van der Waals surface area contributed by atoms with Gasteiger partial charge in [-0.05, 0) is 45.7 Å². The summed E-state index contributed by atoms with van der Waals surface area (Å²) < 4.78 is 24.6. The van der Waals surface area contributed by atoms with Crippen molar-refractivity contribution in [3.05, 3.63) is 52.6 Å². The van der Waals surface area contributed by atoms with Crippen molar-refractivity contribution in [1.82, 2.24) is 4.98 Å². The molecule has 0 unspecified atom stereocenters. The Morgan fingerprint density at radius 2 is 1.79 bits per heavy atom. The zero-order valence-electron chi connectivity index (χ0n) is 17.4. The quantitative estimate of drug-likeness (QED) is 0.491. The molecule has 1 aromatic carbocycles. The number of halogens is 2. The van der Waals surface area contributed by atoms with Gasteiger partial charge in [0.2, 0.25) is 0 Å². The molecule has 0 aliphatic heterocycles. The summed E-state index contributed by atoms with van der Waals surface area (Å²) in [5.41, 5.74) is 1.35. The largest absolute Gasteiger partial charge is 1.00 e. The summed E-state index contributed by atoms with van der Waals surface area (Å²) in [5.74, 6) is -1.40. The minimum Gasteiger partial charge on any atom is -1.00 e. The van der Waals surface area contributed by atoms with Crippen molar-refractivity contribution in [2.45, 2.75) is 53.2 Å². The maximum Gasteiger partial charge on any atom is 0.355 e. The Morgan fingerprint density at radius 1 is 1.14 bits per heavy atom. The van der Waals surface area contributed by atoms with Crippen molar-refractivity contribution in [2.24, 2.45) is 0 Å². The first kappa shape index (κ1) is 24.7. The van der Waals surface area contributed by atoms with E-state index in [2.05, 4.69) is 4.98 Å². The SMILES string of the molecule is CCOC(=O)c1c(C[NH2+]c2ccccc2F)[nH]c(C(=O)OC(C)(C)C)c1CC.[Cl-]. The number of hydrogen-bond acceptors (Lipinski definition) is 4. The van der Waals surface area contributed by atoms with Gasteiger partial charge in [-0.15, -0.1) is 0 Å². The Kier molecular flexibility index (Phi) is 8.85. The van der Waals surface area contributed by atoms with Crippen LogP contribution in [0.2, 0.25) is 0 Å². The fourth-order valence-electron chi connectivity index (χ4n) is 2.91. The molecule has 0 atom stereocenters. The number of nitrogens with one attached hydrogen (secondary N) is 1. The van der Waals surface area contributed by atoms with Crippen LogP contribution in [0.3, 0.4) is 0 Å². The van der Waals surface area contributed by atoms with E-state index in [1.165, 1.54) is 6.07 Å². The summed E-state index contributed by atoms with van der Waals surface area (Å²) in [6.45, 7) is 9.35. The fraction of sp³-hybridized carbons (Fsp3) is 0.429. The van der Waals surface area contributed by atoms with Crippen LogP contribution in [0.4, 0.5) is 10.1 Å². The fourth-order valence-corrected chi connectivity index (χ4v) is 2.91. The molecule has 0 amide bonds. The van der Waals surface area contributed by atoms with E-state index in [1.807, 2.05) is 6.92 Å². The Bertz CT molecular complexity index is 859. The number of benzene rings is 1. The number of ether oxygens (including phenoxy) is 2. The first-order valence-corrected chi connectivity index (χ1v) is 9.39. The van der Waals surface area contributed by atoms with Gasteiger partial charge in [0.15, 0.2) is 11.5 Å². The van der Waals surface area contributed by atoms with Crippen LogP contribution in [0.1, 0.15) is 66.7 Å². The molecule has 1 aromatic heterocycles. The molecule has 2 aromatic rings. The van der Waals surface area contributed by atoms with Crippen LogP contribution in [0.5, 0.6) is 0 Å². The van der Waals surface area contributed by atoms with Crippen LogP contribution in [0, 0.1) is 5.82 Å². The van der Waals surface area contributed by atoms with E-state index in [0.717, 1.165) is 0 Å².